The van der Waals surface area contributed by atoms with Crippen molar-refractivity contribution in [2.75, 3.05) is 13.7 Å². The highest BCUT2D eigenvalue weighted by Gasteiger charge is 2.27. The fourth-order valence-electron chi connectivity index (χ4n) is 3.02. The van der Waals surface area contributed by atoms with Crippen LogP contribution in [0.2, 0.25) is 0 Å². The Kier molecular flexibility index (Phi) is 7.20. The number of hydrogen-bond donors (Lipinski definition) is 1. The Morgan fingerprint density at radius 3 is 2.45 bits per heavy atom. The molecule has 29 heavy (non-hydrogen) atoms. The van der Waals surface area contributed by atoms with Crippen molar-refractivity contribution in [1.29, 1.82) is 0 Å². The number of ketones is 1. The Balaban J connectivity index is 1.95. The normalized spacial score (nSPS) is 11.7. The second-order valence-corrected chi connectivity index (χ2v) is 6.98. The first-order valence-electron chi connectivity index (χ1n) is 9.36. The van der Waals surface area contributed by atoms with E-state index in [9.17, 15) is 14.4 Å². The summed E-state index contributed by atoms with van der Waals surface area (Å²) in [7, 11) is 1.28. The van der Waals surface area contributed by atoms with E-state index in [2.05, 4.69) is 4.98 Å². The first-order chi connectivity index (χ1) is 13.6. The van der Waals surface area contributed by atoms with E-state index >= 15 is 0 Å². The minimum atomic E-state index is -0.995. The first kappa shape index (κ1) is 22.2. The van der Waals surface area contributed by atoms with Gasteiger partial charge in [-0.2, -0.15) is 0 Å². The minimum Gasteiger partial charge on any atom is -0.493 e. The van der Waals surface area contributed by atoms with Crippen molar-refractivity contribution in [3.05, 3.63) is 51.8 Å². The molecule has 0 radical (unpaired) electrons. The minimum absolute atomic E-state index is 0.0150. The Morgan fingerprint density at radius 1 is 1.10 bits per heavy atom. The third kappa shape index (κ3) is 5.25. The van der Waals surface area contributed by atoms with Crippen LogP contribution in [-0.2, 0) is 14.3 Å². The van der Waals surface area contributed by atoms with Crippen molar-refractivity contribution in [2.24, 2.45) is 0 Å². The first-order valence-corrected chi connectivity index (χ1v) is 9.36. The summed E-state index contributed by atoms with van der Waals surface area (Å²) < 4.78 is 15.6. The third-order valence-corrected chi connectivity index (χ3v) is 4.66. The molecule has 0 saturated carbocycles. The molecule has 7 nitrogen and oxygen atoms in total. The van der Waals surface area contributed by atoms with E-state index in [4.69, 9.17) is 14.2 Å². The fourth-order valence-corrected chi connectivity index (χ4v) is 3.02. The van der Waals surface area contributed by atoms with Gasteiger partial charge in [0.2, 0.25) is 5.78 Å². The van der Waals surface area contributed by atoms with E-state index in [1.54, 1.807) is 13.8 Å². The highest BCUT2D eigenvalue weighted by atomic mass is 16.5. The van der Waals surface area contributed by atoms with E-state index in [-0.39, 0.29) is 18.7 Å². The molecule has 0 amide bonds. The monoisotopic (exact) mass is 401 g/mol. The van der Waals surface area contributed by atoms with Crippen LogP contribution in [0.1, 0.15) is 56.6 Å². The lowest BCUT2D eigenvalue weighted by Crippen LogP contribution is -2.26. The molecule has 0 aliphatic rings. The van der Waals surface area contributed by atoms with Crippen LogP contribution in [0.15, 0.2) is 18.2 Å². The quantitative estimate of drug-likeness (QED) is 0.536. The number of hydrogen-bond acceptors (Lipinski definition) is 6. The molecular formula is C22H27NO6. The molecule has 1 heterocycles. The lowest BCUT2D eigenvalue weighted by molar-refractivity contribution is -0.146. The van der Waals surface area contributed by atoms with Gasteiger partial charge in [0.1, 0.15) is 5.75 Å². The molecular weight excluding hydrogens is 374 g/mol. The number of rotatable bonds is 8. The van der Waals surface area contributed by atoms with Gasteiger partial charge >= 0.3 is 11.9 Å². The number of aromatic amines is 1. The van der Waals surface area contributed by atoms with Gasteiger partial charge in [0.05, 0.1) is 31.4 Å². The Bertz CT molecular complexity index is 928. The predicted octanol–water partition coefficient (Wildman–Crippen LogP) is 3.62. The molecule has 0 aliphatic carbocycles. The summed E-state index contributed by atoms with van der Waals surface area (Å²) in [5.74, 6) is -0.756. The van der Waals surface area contributed by atoms with Crippen LogP contribution in [0.3, 0.4) is 0 Å². The largest absolute Gasteiger partial charge is 0.493 e. The number of Topliss-reactive ketones (excluding diaryl/α,β-unsaturated/α-hetero) is 1. The third-order valence-electron chi connectivity index (χ3n) is 4.66. The van der Waals surface area contributed by atoms with Gasteiger partial charge in [-0.15, -0.1) is 0 Å². The van der Waals surface area contributed by atoms with Crippen LogP contribution in [0.5, 0.6) is 5.75 Å². The van der Waals surface area contributed by atoms with Crippen LogP contribution in [0.4, 0.5) is 0 Å². The number of nitrogens with one attached hydrogen (secondary N) is 1. The molecule has 0 bridgehead atoms. The predicted molar refractivity (Wildman–Crippen MR) is 108 cm³/mol. The number of aromatic nitrogens is 1. The van der Waals surface area contributed by atoms with Crippen molar-refractivity contribution in [2.45, 2.75) is 47.1 Å². The van der Waals surface area contributed by atoms with E-state index in [0.717, 1.165) is 16.9 Å². The highest BCUT2D eigenvalue weighted by Crippen LogP contribution is 2.21. The lowest BCUT2D eigenvalue weighted by Gasteiger charge is -2.13. The number of carbonyl (C=O) groups is 3. The van der Waals surface area contributed by atoms with E-state index in [1.165, 1.54) is 14.0 Å². The maximum Gasteiger partial charge on any atom is 0.339 e. The Morgan fingerprint density at radius 2 is 1.79 bits per heavy atom. The molecule has 156 valence electrons. The van der Waals surface area contributed by atoms with Crippen LogP contribution >= 0.6 is 0 Å². The van der Waals surface area contributed by atoms with Gasteiger partial charge in [-0.1, -0.05) is 12.1 Å². The molecule has 0 fully saturated rings. The van der Waals surface area contributed by atoms with Crippen molar-refractivity contribution >= 4 is 17.7 Å². The van der Waals surface area contributed by atoms with Crippen molar-refractivity contribution in [1.82, 2.24) is 4.98 Å². The zero-order chi connectivity index (χ0) is 21.7. The summed E-state index contributed by atoms with van der Waals surface area (Å²) in [6.45, 7) is 8.87. The molecule has 1 unspecified atom stereocenters. The van der Waals surface area contributed by atoms with Gasteiger partial charge in [0.15, 0.2) is 6.10 Å². The molecule has 7 heteroatoms. The maximum absolute atomic E-state index is 12.7. The summed E-state index contributed by atoms with van der Waals surface area (Å²) in [4.78, 5) is 39.5. The molecule has 0 spiro atoms. The summed E-state index contributed by atoms with van der Waals surface area (Å²) in [6, 6.07) is 5.84. The number of carbonyl (C=O) groups excluding carboxylic acids is 3. The average molecular weight is 401 g/mol. The van der Waals surface area contributed by atoms with Gasteiger partial charge in [0, 0.05) is 5.69 Å². The van der Waals surface area contributed by atoms with Crippen LogP contribution in [0.25, 0.3) is 0 Å². The standard InChI is InChI=1S/C22H27NO6/c1-12-7-8-13(2)17(11-12)28-10-9-18(24)29-16(5)21(25)20-14(3)19(15(4)23-20)22(26)27-6/h7-8,11,16,23H,9-10H2,1-6H3. The molecule has 2 aromatic rings. The number of benzene rings is 1. The molecule has 1 aromatic carbocycles. The number of H-pyrrole nitrogens is 1. The zero-order valence-corrected chi connectivity index (χ0v) is 17.7. The van der Waals surface area contributed by atoms with Gasteiger partial charge < -0.3 is 19.2 Å². The summed E-state index contributed by atoms with van der Waals surface area (Å²) in [5, 5.41) is 0. The van der Waals surface area contributed by atoms with E-state index in [1.807, 2.05) is 32.0 Å². The van der Waals surface area contributed by atoms with Crippen LogP contribution in [-0.4, -0.2) is 42.5 Å². The Labute approximate surface area is 170 Å². The van der Waals surface area contributed by atoms with Gasteiger partial charge in [0.25, 0.3) is 0 Å². The SMILES string of the molecule is COC(=O)c1c(C)[nH]c(C(=O)C(C)OC(=O)CCOc2cc(C)ccc2C)c1C. The summed E-state index contributed by atoms with van der Waals surface area (Å²) in [6.07, 6.45) is -0.980. The maximum atomic E-state index is 12.7. The second kappa shape index (κ2) is 9.41. The molecule has 2 rings (SSSR count). The van der Waals surface area contributed by atoms with Gasteiger partial charge in [-0.05, 0) is 57.4 Å². The molecule has 0 saturated heterocycles. The number of ether oxygens (including phenoxy) is 3. The summed E-state index contributed by atoms with van der Waals surface area (Å²) >= 11 is 0. The topological polar surface area (TPSA) is 94.7 Å². The Hall–Kier alpha value is -3.09. The van der Waals surface area contributed by atoms with E-state index in [0.29, 0.717) is 16.8 Å². The lowest BCUT2D eigenvalue weighted by atomic mass is 10.1. The molecule has 0 aliphatic heterocycles. The van der Waals surface area contributed by atoms with Crippen molar-refractivity contribution in [3.63, 3.8) is 0 Å². The second-order valence-electron chi connectivity index (χ2n) is 6.98. The molecule has 1 aromatic heterocycles. The fraction of sp³-hybridized carbons (Fsp3) is 0.409. The smallest absolute Gasteiger partial charge is 0.339 e. The molecule has 1 atom stereocenters. The number of esters is 2. The zero-order valence-electron chi connectivity index (χ0n) is 17.7. The average Bonchev–Trinajstić information content (AvgIpc) is 2.97. The van der Waals surface area contributed by atoms with Crippen molar-refractivity contribution < 1.29 is 28.6 Å². The number of aryl methyl sites for hydroxylation is 3. The number of methoxy groups -OCH3 is 1. The van der Waals surface area contributed by atoms with Crippen LogP contribution < -0.4 is 4.74 Å². The van der Waals surface area contributed by atoms with Crippen LogP contribution in [0, 0.1) is 27.7 Å². The highest BCUT2D eigenvalue weighted by molar-refractivity contribution is 6.03. The summed E-state index contributed by atoms with van der Waals surface area (Å²) in [5.41, 5.74) is 3.59. The van der Waals surface area contributed by atoms with Gasteiger partial charge in [-0.3, -0.25) is 9.59 Å². The van der Waals surface area contributed by atoms with Crippen molar-refractivity contribution in [3.8, 4) is 5.75 Å². The molecule has 1 N–H and O–H groups in total. The van der Waals surface area contributed by atoms with Gasteiger partial charge in [-0.25, -0.2) is 4.79 Å². The van der Waals surface area contributed by atoms with E-state index < -0.39 is 23.8 Å².